The normalized spacial score (nSPS) is 15.8. The SMILES string of the molecule is Cc1ccc(C2CC(=O)Nc3nc(SCc4cccc(Cl)c4)[nH]c(=O)c32)cc1. The number of carbonyl (C=O) groups excluding carboxylic acids is 1. The second-order valence-electron chi connectivity index (χ2n) is 6.77. The van der Waals surface area contributed by atoms with Crippen LogP contribution in [0.25, 0.3) is 0 Å². The first-order valence-corrected chi connectivity index (χ1v) is 10.2. The van der Waals surface area contributed by atoms with Crippen LogP contribution in [0.3, 0.4) is 0 Å². The van der Waals surface area contributed by atoms with Gasteiger partial charge in [0.25, 0.3) is 5.56 Å². The topological polar surface area (TPSA) is 74.8 Å². The third-order valence-corrected chi connectivity index (χ3v) is 5.85. The zero-order valence-electron chi connectivity index (χ0n) is 15.2. The Hall–Kier alpha value is -2.57. The number of nitrogens with one attached hydrogen (secondary N) is 2. The van der Waals surface area contributed by atoms with Gasteiger partial charge < -0.3 is 10.3 Å². The molecule has 0 radical (unpaired) electrons. The Morgan fingerprint density at radius 2 is 1.96 bits per heavy atom. The molecule has 0 saturated heterocycles. The van der Waals surface area contributed by atoms with E-state index in [1.165, 1.54) is 11.8 Å². The number of carbonyl (C=O) groups is 1. The monoisotopic (exact) mass is 411 g/mol. The second-order valence-corrected chi connectivity index (χ2v) is 8.17. The van der Waals surface area contributed by atoms with Gasteiger partial charge in [0.05, 0.1) is 5.56 Å². The predicted molar refractivity (Wildman–Crippen MR) is 112 cm³/mol. The van der Waals surface area contributed by atoms with Gasteiger partial charge in [-0.05, 0) is 30.2 Å². The number of thioether (sulfide) groups is 1. The third-order valence-electron chi connectivity index (χ3n) is 4.67. The van der Waals surface area contributed by atoms with E-state index in [4.69, 9.17) is 11.6 Å². The maximum atomic E-state index is 12.8. The van der Waals surface area contributed by atoms with E-state index >= 15 is 0 Å². The number of anilines is 1. The molecule has 0 fully saturated rings. The molecule has 0 bridgehead atoms. The lowest BCUT2D eigenvalue weighted by atomic mass is 9.86. The van der Waals surface area contributed by atoms with E-state index in [0.717, 1.165) is 16.7 Å². The average molecular weight is 412 g/mol. The van der Waals surface area contributed by atoms with Crippen molar-refractivity contribution in [2.24, 2.45) is 0 Å². The van der Waals surface area contributed by atoms with Crippen LogP contribution in [0.1, 0.15) is 34.6 Å². The maximum absolute atomic E-state index is 12.8. The highest BCUT2D eigenvalue weighted by Gasteiger charge is 2.30. The van der Waals surface area contributed by atoms with Gasteiger partial charge in [-0.2, -0.15) is 0 Å². The van der Waals surface area contributed by atoms with Gasteiger partial charge in [0.2, 0.25) is 5.91 Å². The zero-order chi connectivity index (χ0) is 19.7. The van der Waals surface area contributed by atoms with Crippen molar-refractivity contribution in [3.63, 3.8) is 0 Å². The number of aromatic amines is 1. The minimum absolute atomic E-state index is 0.137. The lowest BCUT2D eigenvalue weighted by molar-refractivity contribution is -0.116. The molecular weight excluding hydrogens is 394 g/mol. The van der Waals surface area contributed by atoms with Crippen LogP contribution in [-0.2, 0) is 10.5 Å². The molecule has 4 rings (SSSR count). The van der Waals surface area contributed by atoms with Crippen molar-refractivity contribution < 1.29 is 4.79 Å². The van der Waals surface area contributed by atoms with E-state index in [2.05, 4.69) is 15.3 Å². The number of benzene rings is 2. The lowest BCUT2D eigenvalue weighted by Crippen LogP contribution is -2.31. The number of rotatable bonds is 4. The molecule has 1 amide bonds. The van der Waals surface area contributed by atoms with Gasteiger partial charge >= 0.3 is 0 Å². The van der Waals surface area contributed by atoms with E-state index in [-0.39, 0.29) is 23.8 Å². The highest BCUT2D eigenvalue weighted by atomic mass is 35.5. The van der Waals surface area contributed by atoms with Crippen molar-refractivity contribution in [2.45, 2.75) is 30.2 Å². The molecule has 2 heterocycles. The van der Waals surface area contributed by atoms with Crippen molar-refractivity contribution in [3.8, 4) is 0 Å². The Morgan fingerprint density at radius 3 is 2.71 bits per heavy atom. The van der Waals surface area contributed by atoms with Crippen LogP contribution in [0.4, 0.5) is 5.82 Å². The third kappa shape index (κ3) is 3.98. The maximum Gasteiger partial charge on any atom is 0.257 e. The first kappa shape index (κ1) is 18.8. The summed E-state index contributed by atoms with van der Waals surface area (Å²) in [5.74, 6) is 0.520. The molecule has 1 aromatic heterocycles. The second kappa shape index (κ2) is 7.81. The van der Waals surface area contributed by atoms with Crippen LogP contribution in [0, 0.1) is 6.92 Å². The molecule has 1 aliphatic heterocycles. The highest BCUT2D eigenvalue weighted by molar-refractivity contribution is 7.98. The molecule has 7 heteroatoms. The number of aryl methyl sites for hydroxylation is 1. The summed E-state index contributed by atoms with van der Waals surface area (Å²) in [5.41, 5.74) is 3.39. The van der Waals surface area contributed by atoms with Crippen molar-refractivity contribution >= 4 is 35.1 Å². The summed E-state index contributed by atoms with van der Waals surface area (Å²) >= 11 is 7.41. The van der Waals surface area contributed by atoms with Crippen LogP contribution in [0.5, 0.6) is 0 Å². The molecule has 142 valence electrons. The number of halogens is 1. The number of fused-ring (bicyclic) bond motifs is 1. The fourth-order valence-electron chi connectivity index (χ4n) is 3.28. The Bertz CT molecular complexity index is 1100. The Labute approximate surface area is 171 Å². The van der Waals surface area contributed by atoms with E-state index < -0.39 is 0 Å². The van der Waals surface area contributed by atoms with Gasteiger partial charge in [0, 0.05) is 23.1 Å². The first-order valence-electron chi connectivity index (χ1n) is 8.87. The molecule has 0 aliphatic carbocycles. The van der Waals surface area contributed by atoms with E-state index in [1.54, 1.807) is 0 Å². The van der Waals surface area contributed by atoms with Gasteiger partial charge in [-0.25, -0.2) is 4.98 Å². The fraction of sp³-hybridized carbons (Fsp3) is 0.190. The highest BCUT2D eigenvalue weighted by Crippen LogP contribution is 2.34. The quantitative estimate of drug-likeness (QED) is 0.489. The standard InChI is InChI=1S/C21H18ClN3O2S/c1-12-5-7-14(8-6-12)16-10-17(26)23-19-18(16)20(27)25-21(24-19)28-11-13-3-2-4-15(22)9-13/h2-9,16H,10-11H2,1H3,(H2,23,24,25,26,27). The largest absolute Gasteiger partial charge is 0.310 e. The van der Waals surface area contributed by atoms with Gasteiger partial charge in [0.1, 0.15) is 5.82 Å². The van der Waals surface area contributed by atoms with Crippen molar-refractivity contribution in [2.75, 3.05) is 5.32 Å². The summed E-state index contributed by atoms with van der Waals surface area (Å²) in [4.78, 5) is 32.4. The summed E-state index contributed by atoms with van der Waals surface area (Å²) in [7, 11) is 0. The minimum atomic E-state index is -0.299. The van der Waals surface area contributed by atoms with E-state index in [0.29, 0.717) is 27.3 Å². The van der Waals surface area contributed by atoms with Gasteiger partial charge in [-0.3, -0.25) is 9.59 Å². The van der Waals surface area contributed by atoms with Crippen LogP contribution >= 0.6 is 23.4 Å². The number of nitrogens with zero attached hydrogens (tertiary/aromatic N) is 1. The molecule has 0 saturated carbocycles. The molecule has 0 spiro atoms. The van der Waals surface area contributed by atoms with Crippen molar-refractivity contribution in [1.29, 1.82) is 0 Å². The van der Waals surface area contributed by atoms with Crippen LogP contribution in [0.15, 0.2) is 58.5 Å². The molecule has 28 heavy (non-hydrogen) atoms. The zero-order valence-corrected chi connectivity index (χ0v) is 16.7. The molecule has 3 aromatic rings. The molecule has 2 aromatic carbocycles. The molecule has 1 aliphatic rings. The van der Waals surface area contributed by atoms with Gasteiger partial charge in [-0.15, -0.1) is 0 Å². The summed E-state index contributed by atoms with van der Waals surface area (Å²) < 4.78 is 0. The molecule has 1 unspecified atom stereocenters. The summed E-state index contributed by atoms with van der Waals surface area (Å²) in [6.07, 6.45) is 0.232. The number of hydrogen-bond donors (Lipinski definition) is 2. The first-order chi connectivity index (χ1) is 13.5. The van der Waals surface area contributed by atoms with E-state index in [9.17, 15) is 9.59 Å². The van der Waals surface area contributed by atoms with Crippen molar-refractivity contribution in [3.05, 3.63) is 86.2 Å². The van der Waals surface area contributed by atoms with Gasteiger partial charge in [-0.1, -0.05) is 65.3 Å². The van der Waals surface area contributed by atoms with Crippen LogP contribution in [-0.4, -0.2) is 15.9 Å². The summed E-state index contributed by atoms with van der Waals surface area (Å²) in [6, 6.07) is 15.4. The smallest absolute Gasteiger partial charge is 0.257 e. The van der Waals surface area contributed by atoms with Crippen molar-refractivity contribution in [1.82, 2.24) is 9.97 Å². The summed E-state index contributed by atoms with van der Waals surface area (Å²) in [6.45, 7) is 2.00. The Morgan fingerprint density at radius 1 is 1.18 bits per heavy atom. The minimum Gasteiger partial charge on any atom is -0.310 e. The molecule has 5 nitrogen and oxygen atoms in total. The summed E-state index contributed by atoms with van der Waals surface area (Å²) in [5, 5.41) is 3.89. The Balaban J connectivity index is 1.65. The lowest BCUT2D eigenvalue weighted by Gasteiger charge is -2.24. The number of amides is 1. The molecular formula is C21H18ClN3O2S. The van der Waals surface area contributed by atoms with Crippen LogP contribution in [0.2, 0.25) is 5.02 Å². The van der Waals surface area contributed by atoms with Gasteiger partial charge in [0.15, 0.2) is 5.16 Å². The fourth-order valence-corrected chi connectivity index (χ4v) is 4.30. The number of H-pyrrole nitrogens is 1. The molecule has 2 N–H and O–H groups in total. The molecule has 1 atom stereocenters. The number of aromatic nitrogens is 2. The number of hydrogen-bond acceptors (Lipinski definition) is 4. The Kier molecular flexibility index (Phi) is 5.24. The average Bonchev–Trinajstić information content (AvgIpc) is 2.66. The van der Waals surface area contributed by atoms with E-state index in [1.807, 2.05) is 55.5 Å². The predicted octanol–water partition coefficient (Wildman–Crippen LogP) is 4.50. The van der Waals surface area contributed by atoms with Crippen LogP contribution < -0.4 is 10.9 Å².